The number of hydrogen-bond donors (Lipinski definition) is 1. The quantitative estimate of drug-likeness (QED) is 0.0179. The molecule has 0 aliphatic carbocycles. The van der Waals surface area contributed by atoms with Crippen LogP contribution in [0.1, 0.15) is 304 Å². The number of aryl methyl sites for hydroxylation is 4. The van der Waals surface area contributed by atoms with Crippen molar-refractivity contribution in [2.45, 2.75) is 287 Å². The number of nitrogens with zero attached hydrogens (tertiary/aromatic N) is 1. The van der Waals surface area contributed by atoms with Gasteiger partial charge in [0.05, 0.1) is 59.6 Å². The molecule has 8 heterocycles. The number of carbonyl (C=O) groups excluding carboxylic acids is 2. The van der Waals surface area contributed by atoms with Crippen LogP contribution < -0.4 is 0 Å². The molecule has 0 saturated carbocycles. The third-order valence-corrected chi connectivity index (χ3v) is 28.8. The van der Waals surface area contributed by atoms with Crippen LogP contribution in [-0.4, -0.2) is 26.4 Å². The van der Waals surface area contributed by atoms with Gasteiger partial charge in [-0.15, -0.1) is 90.7 Å². The zero-order valence-corrected chi connectivity index (χ0v) is 68.2. The molecule has 8 aromatic rings. The Hall–Kier alpha value is -1.44. The molecule has 1 radical (unpaired) electrons. The van der Waals surface area contributed by atoms with Crippen molar-refractivity contribution < 1.29 is 15.4 Å². The number of Topliss-reactive ketones (excluding diaryl/α,β-unsaturated/α-hetero) is 2. The summed E-state index contributed by atoms with van der Waals surface area (Å²) in [6, 6.07) is 14.0. The molecule has 0 aliphatic heterocycles. The van der Waals surface area contributed by atoms with Gasteiger partial charge in [-0.25, -0.2) is 0 Å². The van der Waals surface area contributed by atoms with Gasteiger partial charge >= 0.3 is 24.8 Å². The summed E-state index contributed by atoms with van der Waals surface area (Å²) in [4.78, 5) is 40.9. The van der Waals surface area contributed by atoms with Crippen molar-refractivity contribution in [3.63, 3.8) is 0 Å². The molecule has 0 N–H and O–H groups in total. The molecule has 2 unspecified atom stereocenters. The molecule has 0 amide bonds. The second-order valence-electron chi connectivity index (χ2n) is 25.0. The first kappa shape index (κ1) is 80.5. The number of thiol groups is 1. The monoisotopic (exact) mass is 1560 g/mol. The van der Waals surface area contributed by atoms with Gasteiger partial charge in [-0.3, -0.25) is 14.0 Å². The average Bonchev–Trinajstić information content (AvgIpc) is 1.60. The van der Waals surface area contributed by atoms with Crippen LogP contribution in [0, 0.1) is 11.8 Å². The van der Waals surface area contributed by atoms with Crippen LogP contribution in [0.5, 0.6) is 0 Å². The molecule has 0 aromatic carbocycles. The summed E-state index contributed by atoms with van der Waals surface area (Å²) < 4.78 is 23.3. The van der Waals surface area contributed by atoms with E-state index in [1.807, 2.05) is 68.0 Å². The molecule has 0 bridgehead atoms. The van der Waals surface area contributed by atoms with Gasteiger partial charge in [0, 0.05) is 37.2 Å². The van der Waals surface area contributed by atoms with E-state index >= 15 is 0 Å². The van der Waals surface area contributed by atoms with Gasteiger partial charge < -0.3 is 0 Å². The molecule has 8 aromatic heterocycles. The van der Waals surface area contributed by atoms with Crippen molar-refractivity contribution in [1.29, 1.82) is 0 Å². The van der Waals surface area contributed by atoms with E-state index in [9.17, 15) is 14.0 Å². The normalized spacial score (nSPS) is 12.1. The minimum absolute atomic E-state index is 0.126. The standard InChI is InChI=1S/C38H52Br2OS4.C38H54OS4.CH3F.BHNS/c1-5-9-12-14-16-18-21-27-23-31(39)43-34(27)36-29-25-30(33(41)26(8-4)20-11-7-3)42-37(29)38(45-36)35-28(24-32(40)44-35)22-19-17-15-13-10-6-2;1-5-9-12-14-16-18-21-29-23-25-40-34(29)36-31-27-32(33(39)28(8-4)20-11-7-3)42-37(31)38(43-36)35-30(24-26-41-35)22-19-17-15-13-10-6-2;1-2;1-2-3/h23-26H,5-22H2,1-4H3;23-28H,5-22H2,1-4H3;1H3;3H/i;;1D;. The molecule has 0 fully saturated rings. The Morgan fingerprint density at radius 1 is 0.441 bits per heavy atom. The van der Waals surface area contributed by atoms with Crippen LogP contribution in [0.4, 0.5) is 4.39 Å². The Labute approximate surface area is 619 Å². The fourth-order valence-corrected chi connectivity index (χ4v) is 23.9. The Kier molecular flexibility index (Phi) is 41.2. The third-order valence-electron chi connectivity index (χ3n) is 17.9. The molecular weight excluding hydrogens is 1450 g/mol. The summed E-state index contributed by atoms with van der Waals surface area (Å²) in [5, 5.41) is 7.20. The minimum atomic E-state index is -1.00. The summed E-state index contributed by atoms with van der Waals surface area (Å²) in [5.41, 5.74) is 5.93. The fraction of sp³-hybridized carbons (Fsp3) is 0.610. The van der Waals surface area contributed by atoms with Crippen LogP contribution in [0.15, 0.2) is 59.0 Å². The summed E-state index contributed by atoms with van der Waals surface area (Å²) in [7, 11) is 3.34. The average molecular weight is 1560 g/mol. The zero-order chi connectivity index (χ0) is 68.0. The summed E-state index contributed by atoms with van der Waals surface area (Å²) >= 11 is 26.0. The summed E-state index contributed by atoms with van der Waals surface area (Å²) in [6.45, 7) is 18.0. The number of thiophene rings is 8. The van der Waals surface area contributed by atoms with E-state index in [1.54, 1.807) is 22.7 Å². The van der Waals surface area contributed by atoms with Crippen molar-refractivity contribution in [2.75, 3.05) is 7.15 Å². The molecular formula is C77H110BBr2FNO2S9. The Morgan fingerprint density at radius 2 is 0.742 bits per heavy atom. The Bertz CT molecular complexity index is 3200. The predicted octanol–water partition coefficient (Wildman–Crippen LogP) is 31.5. The van der Waals surface area contributed by atoms with E-state index < -0.39 is 7.15 Å². The molecule has 93 heavy (non-hydrogen) atoms. The Morgan fingerprint density at radius 3 is 1.10 bits per heavy atom. The van der Waals surface area contributed by atoms with Crippen molar-refractivity contribution in [3.05, 3.63) is 86.7 Å². The SMILES string of the molecule is CCCCCCCCc1cc(Br)sc1-c1sc(-c2sc(Br)cc2CCCCCCCC)c2sc(C(=O)C(CC)CCCC)cc12.CCCCCCCCc1ccsc1-c1sc(-c2sccc2CCCCCCCC)c2sc(C(=O)C(CC)CCCC)cc12.[2H]CF.[B]=NS. The molecule has 513 valence electrons. The first-order chi connectivity index (χ1) is 45.9. The van der Waals surface area contributed by atoms with Gasteiger partial charge in [-0.2, -0.15) is 0 Å². The van der Waals surface area contributed by atoms with Crippen molar-refractivity contribution in [2.24, 2.45) is 16.1 Å². The molecule has 16 heteroatoms. The number of hydrogen-bond acceptors (Lipinski definition) is 12. The number of halogens is 3. The van der Waals surface area contributed by atoms with E-state index in [2.05, 4.69) is 159 Å². The number of rotatable bonds is 44. The van der Waals surface area contributed by atoms with E-state index in [0.29, 0.717) is 11.6 Å². The molecule has 0 saturated heterocycles. The van der Waals surface area contributed by atoms with Gasteiger partial charge in [0.25, 0.3) is 0 Å². The second kappa shape index (κ2) is 47.6. The summed E-state index contributed by atoms with van der Waals surface area (Å²) in [6.07, 6.45) is 44.7. The van der Waals surface area contributed by atoms with Gasteiger partial charge in [-0.05, 0) is 178 Å². The van der Waals surface area contributed by atoms with Gasteiger partial charge in [0.2, 0.25) is 0 Å². The van der Waals surface area contributed by atoms with E-state index in [-0.39, 0.29) is 11.8 Å². The molecule has 2 atom stereocenters. The van der Waals surface area contributed by atoms with E-state index in [0.717, 1.165) is 86.8 Å². The number of fused-ring (bicyclic) bond motifs is 2. The summed E-state index contributed by atoms with van der Waals surface area (Å²) in [5.74, 6) is 0.999. The van der Waals surface area contributed by atoms with Crippen molar-refractivity contribution >= 4 is 175 Å². The van der Waals surface area contributed by atoms with Crippen LogP contribution in [0.3, 0.4) is 0 Å². The molecule has 0 aliphatic rings. The van der Waals surface area contributed by atoms with Gasteiger partial charge in [0.1, 0.15) is 0 Å². The van der Waals surface area contributed by atoms with E-state index in [1.165, 1.54) is 243 Å². The van der Waals surface area contributed by atoms with Crippen LogP contribution in [0.2, 0.25) is 0 Å². The zero-order valence-electron chi connectivity index (χ0n) is 58.6. The molecule has 8 rings (SSSR count). The van der Waals surface area contributed by atoms with Crippen LogP contribution in [0.25, 0.3) is 59.2 Å². The van der Waals surface area contributed by atoms with E-state index in [4.69, 9.17) is 1.37 Å². The number of unbranched alkanes of at least 4 members (excludes halogenated alkanes) is 22. The molecule has 3 nitrogen and oxygen atoms in total. The number of ketones is 2. The van der Waals surface area contributed by atoms with Crippen molar-refractivity contribution in [3.8, 4) is 39.0 Å². The predicted molar refractivity (Wildman–Crippen MR) is 436 cm³/mol. The van der Waals surface area contributed by atoms with Crippen LogP contribution in [-0.2, 0) is 25.7 Å². The van der Waals surface area contributed by atoms with Gasteiger partial charge in [-0.1, -0.05) is 209 Å². The third kappa shape index (κ3) is 25.6. The maximum absolute atomic E-state index is 13.9. The number of carbonyl (C=O) groups is 2. The first-order valence-corrected chi connectivity index (χ1v) is 44.3. The second-order valence-corrected chi connectivity index (χ2v) is 36.1. The topological polar surface area (TPSA) is 46.5 Å². The first-order valence-electron chi connectivity index (χ1n) is 36.4. The Balaban J connectivity index is 0.000000314. The van der Waals surface area contributed by atoms with Gasteiger partial charge in [0.15, 0.2) is 11.6 Å². The number of alkyl halides is 1. The van der Waals surface area contributed by atoms with Crippen LogP contribution >= 0.6 is 135 Å². The maximum atomic E-state index is 13.9. The van der Waals surface area contributed by atoms with Crippen molar-refractivity contribution in [1.82, 2.24) is 0 Å². The molecule has 0 spiro atoms. The fourth-order valence-electron chi connectivity index (χ4n) is 12.5.